The van der Waals surface area contributed by atoms with Crippen LogP contribution in [0.1, 0.15) is 16.7 Å². The van der Waals surface area contributed by atoms with Crippen molar-refractivity contribution < 1.29 is 8.42 Å². The van der Waals surface area contributed by atoms with Crippen molar-refractivity contribution in [1.82, 2.24) is 14.9 Å². The van der Waals surface area contributed by atoms with Gasteiger partial charge in [-0.05, 0) is 32.4 Å². The van der Waals surface area contributed by atoms with Crippen LogP contribution in [0.25, 0.3) is 0 Å². The van der Waals surface area contributed by atoms with Gasteiger partial charge in [0.25, 0.3) is 0 Å². The Morgan fingerprint density at radius 1 is 1.53 bits per heavy atom. The minimum Gasteiger partial charge on any atom is -0.383 e. The van der Waals surface area contributed by atoms with Gasteiger partial charge in [-0.15, -0.1) is 11.3 Å². The van der Waals surface area contributed by atoms with Crippen LogP contribution >= 0.6 is 11.3 Å². The first-order valence-corrected chi connectivity index (χ1v) is 8.05. The van der Waals surface area contributed by atoms with E-state index >= 15 is 0 Å². The van der Waals surface area contributed by atoms with Crippen molar-refractivity contribution in [2.24, 2.45) is 0 Å². The van der Waals surface area contributed by atoms with Gasteiger partial charge in [-0.2, -0.15) is 5.10 Å². The average Bonchev–Trinajstić information content (AvgIpc) is 2.87. The van der Waals surface area contributed by atoms with Crippen LogP contribution in [-0.2, 0) is 16.4 Å². The van der Waals surface area contributed by atoms with E-state index in [0.717, 1.165) is 4.88 Å². The Labute approximate surface area is 116 Å². The highest BCUT2D eigenvalue weighted by Gasteiger charge is 2.21. The van der Waals surface area contributed by atoms with E-state index in [4.69, 9.17) is 5.73 Å². The fraction of sp³-hybridized carbons (Fsp3) is 0.364. The Balaban J connectivity index is 2.06. The number of aromatic amines is 1. The molecule has 1 atom stereocenters. The maximum atomic E-state index is 12.1. The second-order valence-corrected chi connectivity index (χ2v) is 7.44. The van der Waals surface area contributed by atoms with Crippen LogP contribution in [0.2, 0.25) is 0 Å². The van der Waals surface area contributed by atoms with E-state index in [1.54, 1.807) is 11.3 Å². The number of nitrogens with zero attached hydrogens (tertiary/aromatic N) is 1. The summed E-state index contributed by atoms with van der Waals surface area (Å²) in [4.78, 5) is 2.35. The van der Waals surface area contributed by atoms with Gasteiger partial charge in [-0.3, -0.25) is 5.10 Å². The minimum atomic E-state index is -3.62. The third-order valence-electron chi connectivity index (χ3n) is 2.58. The standard InChI is InChI=1S/C11H16N4O2S2/c1-7(5-9-4-3-8(2)18-9)15-19(16,17)10-6-13-14-11(10)12/h3-4,6-7,15H,5H2,1-2H3,(H3,12,13,14). The fourth-order valence-corrected chi connectivity index (χ4v) is 4.05. The first kappa shape index (κ1) is 14.0. The van der Waals surface area contributed by atoms with Crippen molar-refractivity contribution in [3.8, 4) is 0 Å². The number of sulfonamides is 1. The molecule has 2 aromatic rings. The largest absolute Gasteiger partial charge is 0.383 e. The predicted molar refractivity (Wildman–Crippen MR) is 75.5 cm³/mol. The van der Waals surface area contributed by atoms with E-state index in [0.29, 0.717) is 6.42 Å². The monoisotopic (exact) mass is 300 g/mol. The van der Waals surface area contributed by atoms with E-state index in [1.165, 1.54) is 11.1 Å². The Hall–Kier alpha value is -1.38. The number of nitrogens with two attached hydrogens (primary N) is 1. The summed E-state index contributed by atoms with van der Waals surface area (Å²) in [7, 11) is -3.62. The number of thiophene rings is 1. The van der Waals surface area contributed by atoms with Crippen molar-refractivity contribution >= 4 is 27.2 Å². The van der Waals surface area contributed by atoms with Gasteiger partial charge in [-0.25, -0.2) is 13.1 Å². The maximum absolute atomic E-state index is 12.1. The van der Waals surface area contributed by atoms with Crippen molar-refractivity contribution in [1.29, 1.82) is 0 Å². The van der Waals surface area contributed by atoms with Gasteiger partial charge < -0.3 is 5.73 Å². The van der Waals surface area contributed by atoms with E-state index in [2.05, 4.69) is 14.9 Å². The lowest BCUT2D eigenvalue weighted by atomic mass is 10.2. The molecule has 0 radical (unpaired) electrons. The van der Waals surface area contributed by atoms with Gasteiger partial charge >= 0.3 is 0 Å². The molecule has 0 saturated carbocycles. The molecule has 8 heteroatoms. The summed E-state index contributed by atoms with van der Waals surface area (Å²) >= 11 is 1.66. The van der Waals surface area contributed by atoms with Crippen LogP contribution in [-0.4, -0.2) is 24.7 Å². The number of hydrogen-bond donors (Lipinski definition) is 3. The zero-order chi connectivity index (χ0) is 14.0. The van der Waals surface area contributed by atoms with Crippen molar-refractivity contribution in [3.63, 3.8) is 0 Å². The van der Waals surface area contributed by atoms with Crippen LogP contribution in [0, 0.1) is 6.92 Å². The SMILES string of the molecule is Cc1ccc(CC(C)NS(=O)(=O)c2cn[nH]c2N)s1. The van der Waals surface area contributed by atoms with E-state index < -0.39 is 10.0 Å². The zero-order valence-corrected chi connectivity index (χ0v) is 12.3. The van der Waals surface area contributed by atoms with Gasteiger partial charge in [0.1, 0.15) is 10.7 Å². The summed E-state index contributed by atoms with van der Waals surface area (Å²) in [5, 5.41) is 6.03. The lowest BCUT2D eigenvalue weighted by Crippen LogP contribution is -2.34. The van der Waals surface area contributed by atoms with Gasteiger partial charge in [0.05, 0.1) is 6.20 Å². The summed E-state index contributed by atoms with van der Waals surface area (Å²) in [6.07, 6.45) is 1.86. The minimum absolute atomic E-state index is 0.0123. The summed E-state index contributed by atoms with van der Waals surface area (Å²) in [6.45, 7) is 3.85. The fourth-order valence-electron chi connectivity index (χ4n) is 1.77. The molecule has 1 unspecified atom stereocenters. The van der Waals surface area contributed by atoms with Crippen LogP contribution in [0.4, 0.5) is 5.82 Å². The number of nitrogen functional groups attached to an aromatic ring is 1. The molecule has 4 N–H and O–H groups in total. The molecule has 0 aromatic carbocycles. The quantitative estimate of drug-likeness (QED) is 0.774. The number of anilines is 1. The molecule has 0 aliphatic carbocycles. The molecular formula is C11H16N4O2S2. The van der Waals surface area contributed by atoms with Crippen molar-refractivity contribution in [3.05, 3.63) is 28.1 Å². The summed E-state index contributed by atoms with van der Waals surface area (Å²) in [6, 6.07) is 3.82. The molecule has 0 aliphatic heterocycles. The molecule has 19 heavy (non-hydrogen) atoms. The Morgan fingerprint density at radius 3 is 2.79 bits per heavy atom. The number of aryl methyl sites for hydroxylation is 1. The van der Waals surface area contributed by atoms with Crippen LogP contribution in [0.15, 0.2) is 23.2 Å². The Kier molecular flexibility index (Phi) is 3.93. The predicted octanol–water partition coefficient (Wildman–Crippen LogP) is 1.27. The lowest BCUT2D eigenvalue weighted by molar-refractivity contribution is 0.561. The molecule has 0 amide bonds. The highest BCUT2D eigenvalue weighted by Crippen LogP contribution is 2.18. The molecule has 104 valence electrons. The van der Waals surface area contributed by atoms with Crippen molar-refractivity contribution in [2.75, 3.05) is 5.73 Å². The van der Waals surface area contributed by atoms with Crippen molar-refractivity contribution in [2.45, 2.75) is 31.2 Å². The number of nitrogens with one attached hydrogen (secondary N) is 2. The van der Waals surface area contributed by atoms with Gasteiger partial charge in [0, 0.05) is 15.8 Å². The van der Waals surface area contributed by atoms with Crippen LogP contribution in [0.5, 0.6) is 0 Å². The average molecular weight is 300 g/mol. The molecule has 6 nitrogen and oxygen atoms in total. The lowest BCUT2D eigenvalue weighted by Gasteiger charge is -2.12. The molecule has 2 aromatic heterocycles. The number of rotatable bonds is 5. The summed E-state index contributed by atoms with van der Waals surface area (Å²) in [5.41, 5.74) is 5.52. The summed E-state index contributed by atoms with van der Waals surface area (Å²) < 4.78 is 26.7. The smallest absolute Gasteiger partial charge is 0.246 e. The molecule has 0 fully saturated rings. The van der Waals surface area contributed by atoms with Crippen LogP contribution in [0.3, 0.4) is 0 Å². The molecule has 2 heterocycles. The number of aromatic nitrogens is 2. The highest BCUT2D eigenvalue weighted by atomic mass is 32.2. The van der Waals surface area contributed by atoms with Crippen LogP contribution < -0.4 is 10.5 Å². The first-order chi connectivity index (χ1) is 8.88. The molecule has 0 spiro atoms. The third-order valence-corrected chi connectivity index (χ3v) is 5.22. The van der Waals surface area contributed by atoms with E-state index in [-0.39, 0.29) is 16.8 Å². The topological polar surface area (TPSA) is 101 Å². The Morgan fingerprint density at radius 2 is 2.26 bits per heavy atom. The Bertz CT molecular complexity index is 660. The van der Waals surface area contributed by atoms with Gasteiger partial charge in [-0.1, -0.05) is 0 Å². The molecular weight excluding hydrogens is 284 g/mol. The second-order valence-electron chi connectivity index (χ2n) is 4.39. The van der Waals surface area contributed by atoms with E-state index in [9.17, 15) is 8.42 Å². The normalized spacial score (nSPS) is 13.6. The molecule has 0 bridgehead atoms. The molecule has 0 aliphatic rings. The first-order valence-electron chi connectivity index (χ1n) is 5.75. The molecule has 2 rings (SSSR count). The number of hydrogen-bond acceptors (Lipinski definition) is 5. The second kappa shape index (κ2) is 5.32. The molecule has 0 saturated heterocycles. The summed E-state index contributed by atoms with van der Waals surface area (Å²) in [5.74, 6) is 0.0478. The number of H-pyrrole nitrogens is 1. The maximum Gasteiger partial charge on any atom is 0.246 e. The zero-order valence-electron chi connectivity index (χ0n) is 10.7. The van der Waals surface area contributed by atoms with Gasteiger partial charge in [0.2, 0.25) is 10.0 Å². The van der Waals surface area contributed by atoms with Gasteiger partial charge in [0.15, 0.2) is 0 Å². The third kappa shape index (κ3) is 3.34. The highest BCUT2D eigenvalue weighted by molar-refractivity contribution is 7.89. The van der Waals surface area contributed by atoms with E-state index in [1.807, 2.05) is 26.0 Å².